The zero-order chi connectivity index (χ0) is 24.2. The molecule has 33 heavy (non-hydrogen) atoms. The van der Waals surface area contributed by atoms with Crippen LogP contribution >= 0.6 is 0 Å². The highest BCUT2D eigenvalue weighted by Gasteiger charge is 2.37. The predicted octanol–water partition coefficient (Wildman–Crippen LogP) is 1.96. The number of alkyl halides is 1. The number of nitrogen functional groups attached to an aromatic ring is 1. The summed E-state index contributed by atoms with van der Waals surface area (Å²) in [4.78, 5) is 38.7. The Balaban J connectivity index is 1.66. The molecule has 0 unspecified atom stereocenters. The Kier molecular flexibility index (Phi) is 5.61. The highest BCUT2D eigenvalue weighted by atomic mass is 19.1. The minimum absolute atomic E-state index is 0.0156. The van der Waals surface area contributed by atoms with Crippen LogP contribution < -0.4 is 27.3 Å². The van der Waals surface area contributed by atoms with Gasteiger partial charge in [-0.05, 0) is 46.6 Å². The van der Waals surface area contributed by atoms with Crippen molar-refractivity contribution in [1.29, 1.82) is 0 Å². The van der Waals surface area contributed by atoms with E-state index in [4.69, 9.17) is 10.6 Å². The van der Waals surface area contributed by atoms with E-state index in [-0.39, 0.29) is 36.7 Å². The molecule has 2 atom stereocenters. The van der Waals surface area contributed by atoms with Crippen molar-refractivity contribution in [3.05, 3.63) is 38.3 Å². The summed E-state index contributed by atoms with van der Waals surface area (Å²) >= 11 is 0. The summed E-state index contributed by atoms with van der Waals surface area (Å²) in [7, 11) is 0. The number of rotatable bonds is 4. The number of nitrogens with zero attached hydrogens (tertiary/aromatic N) is 3. The average Bonchev–Trinajstić information content (AvgIpc) is 3.47. The van der Waals surface area contributed by atoms with Gasteiger partial charge in [-0.25, -0.2) is 18.4 Å². The quantitative estimate of drug-likeness (QED) is 0.668. The third kappa shape index (κ3) is 4.28. The standard InChI is InChI=1S/C22H29F2N5O4/c1-11-17-14(19(30)29(25)21(32)28(17)13-5-6-13)7-15(23)18(11)27-9-12(16(24)10-27)8-26-20(31)33-22(2,3)4/h7,12-13,16H,5-6,8-10,25H2,1-4H3,(H,26,31)/t12-,16-/m0/s1. The summed E-state index contributed by atoms with van der Waals surface area (Å²) in [5.41, 5.74) is -1.24. The topological polar surface area (TPSA) is 112 Å². The van der Waals surface area contributed by atoms with Crippen molar-refractivity contribution in [3.63, 3.8) is 0 Å². The summed E-state index contributed by atoms with van der Waals surface area (Å²) in [6, 6.07) is 0.965. The first kappa shape index (κ1) is 23.1. The Labute approximate surface area is 189 Å². The summed E-state index contributed by atoms with van der Waals surface area (Å²) in [5, 5.41) is 2.59. The first-order valence-corrected chi connectivity index (χ1v) is 11.0. The number of carbonyl (C=O) groups is 1. The summed E-state index contributed by atoms with van der Waals surface area (Å²) in [6.45, 7) is 6.92. The van der Waals surface area contributed by atoms with Gasteiger partial charge in [0.2, 0.25) is 0 Å². The number of ether oxygens (including phenoxy) is 1. The second-order valence-corrected chi connectivity index (χ2v) is 9.85. The van der Waals surface area contributed by atoms with Crippen LogP contribution in [0.1, 0.15) is 45.2 Å². The number of hydrogen-bond donors (Lipinski definition) is 2. The number of nitrogens with one attached hydrogen (secondary N) is 1. The molecule has 1 aromatic carbocycles. The summed E-state index contributed by atoms with van der Waals surface area (Å²) in [5.74, 6) is 4.39. The van der Waals surface area contributed by atoms with E-state index in [9.17, 15) is 18.8 Å². The molecule has 1 aliphatic carbocycles. The van der Waals surface area contributed by atoms with Crippen molar-refractivity contribution in [3.8, 4) is 0 Å². The van der Waals surface area contributed by atoms with E-state index in [0.717, 1.165) is 18.9 Å². The molecule has 9 nitrogen and oxygen atoms in total. The highest BCUT2D eigenvalue weighted by Crippen LogP contribution is 2.39. The molecule has 1 saturated heterocycles. The van der Waals surface area contributed by atoms with E-state index in [1.54, 1.807) is 32.6 Å². The highest BCUT2D eigenvalue weighted by molar-refractivity contribution is 5.87. The second kappa shape index (κ2) is 8.03. The smallest absolute Gasteiger partial charge is 0.407 e. The third-order valence-electron chi connectivity index (χ3n) is 6.06. The van der Waals surface area contributed by atoms with E-state index in [0.29, 0.717) is 15.8 Å². The molecule has 11 heteroatoms. The van der Waals surface area contributed by atoms with Crippen LogP contribution in [0, 0.1) is 18.7 Å². The number of halogens is 2. The van der Waals surface area contributed by atoms with Gasteiger partial charge in [-0.1, -0.05) is 0 Å². The van der Waals surface area contributed by atoms with Gasteiger partial charge in [-0.2, -0.15) is 4.68 Å². The van der Waals surface area contributed by atoms with Crippen molar-refractivity contribution in [2.24, 2.45) is 5.92 Å². The van der Waals surface area contributed by atoms with Crippen LogP contribution in [-0.2, 0) is 4.74 Å². The van der Waals surface area contributed by atoms with Crippen LogP contribution in [0.15, 0.2) is 15.7 Å². The van der Waals surface area contributed by atoms with Crippen molar-refractivity contribution in [2.45, 2.75) is 58.4 Å². The molecular formula is C22H29F2N5O4. The van der Waals surface area contributed by atoms with Crippen molar-refractivity contribution in [1.82, 2.24) is 14.6 Å². The van der Waals surface area contributed by atoms with Gasteiger partial charge in [-0.15, -0.1) is 0 Å². The molecule has 4 rings (SSSR count). The fourth-order valence-corrected chi connectivity index (χ4v) is 4.45. The van der Waals surface area contributed by atoms with Gasteiger partial charge in [0.15, 0.2) is 0 Å². The Morgan fingerprint density at radius 1 is 1.27 bits per heavy atom. The molecule has 2 heterocycles. The number of nitrogens with two attached hydrogens (primary N) is 1. The lowest BCUT2D eigenvalue weighted by molar-refractivity contribution is 0.0515. The maximum Gasteiger partial charge on any atom is 0.407 e. The molecule has 0 radical (unpaired) electrons. The number of carbonyl (C=O) groups excluding carboxylic acids is 1. The lowest BCUT2D eigenvalue weighted by atomic mass is 10.1. The summed E-state index contributed by atoms with van der Waals surface area (Å²) in [6.07, 6.45) is -0.438. The Morgan fingerprint density at radius 2 is 1.94 bits per heavy atom. The molecule has 180 valence electrons. The number of amides is 1. The Hall–Kier alpha value is -3.11. The van der Waals surface area contributed by atoms with E-state index in [2.05, 4.69) is 5.32 Å². The number of alkyl carbamates (subject to hydrolysis) is 1. The number of benzene rings is 1. The number of anilines is 1. The molecular weight excluding hydrogens is 436 g/mol. The molecule has 1 amide bonds. The van der Waals surface area contributed by atoms with Gasteiger partial charge in [0.05, 0.1) is 16.6 Å². The minimum atomic E-state index is -1.31. The maximum atomic E-state index is 15.2. The molecule has 0 spiro atoms. The lowest BCUT2D eigenvalue weighted by Crippen LogP contribution is -2.44. The van der Waals surface area contributed by atoms with E-state index >= 15 is 4.39 Å². The molecule has 1 aliphatic heterocycles. The first-order chi connectivity index (χ1) is 15.4. The summed E-state index contributed by atoms with van der Waals surface area (Å²) < 4.78 is 37.2. The van der Waals surface area contributed by atoms with Gasteiger partial charge >= 0.3 is 11.8 Å². The molecule has 2 fully saturated rings. The molecule has 0 bridgehead atoms. The van der Waals surface area contributed by atoms with Gasteiger partial charge < -0.3 is 20.8 Å². The van der Waals surface area contributed by atoms with Crippen LogP contribution in [0.3, 0.4) is 0 Å². The SMILES string of the molecule is Cc1c(N2C[C@H](CNC(=O)OC(C)(C)C)[C@@H](F)C2)c(F)cc2c(=O)n(N)c(=O)n(C3CC3)c12. The number of aromatic nitrogens is 2. The molecule has 1 saturated carbocycles. The molecule has 3 N–H and O–H groups in total. The van der Waals surface area contributed by atoms with Crippen LogP contribution in [-0.4, -0.2) is 46.7 Å². The monoisotopic (exact) mass is 465 g/mol. The van der Waals surface area contributed by atoms with E-state index < -0.39 is 40.9 Å². The zero-order valence-corrected chi connectivity index (χ0v) is 19.2. The number of fused-ring (bicyclic) bond motifs is 1. The maximum absolute atomic E-state index is 15.2. The zero-order valence-electron chi connectivity index (χ0n) is 19.2. The lowest BCUT2D eigenvalue weighted by Gasteiger charge is -2.24. The normalized spacial score (nSPS) is 21.0. The van der Waals surface area contributed by atoms with Crippen molar-refractivity contribution >= 4 is 22.7 Å². The second-order valence-electron chi connectivity index (χ2n) is 9.85. The van der Waals surface area contributed by atoms with Gasteiger partial charge in [-0.3, -0.25) is 9.36 Å². The van der Waals surface area contributed by atoms with Gasteiger partial charge in [0.25, 0.3) is 5.56 Å². The van der Waals surface area contributed by atoms with Crippen LogP contribution in [0.25, 0.3) is 10.9 Å². The van der Waals surface area contributed by atoms with E-state index in [1.165, 1.54) is 4.57 Å². The molecule has 1 aromatic heterocycles. The molecule has 2 aromatic rings. The number of hydrogen-bond acceptors (Lipinski definition) is 6. The van der Waals surface area contributed by atoms with Gasteiger partial charge in [0, 0.05) is 37.2 Å². The number of aryl methyl sites for hydroxylation is 1. The van der Waals surface area contributed by atoms with Crippen LogP contribution in [0.2, 0.25) is 0 Å². The van der Waals surface area contributed by atoms with Crippen molar-refractivity contribution in [2.75, 3.05) is 30.4 Å². The fraction of sp³-hybridized carbons (Fsp3) is 0.591. The first-order valence-electron chi connectivity index (χ1n) is 11.0. The third-order valence-corrected chi connectivity index (χ3v) is 6.06. The fourth-order valence-electron chi connectivity index (χ4n) is 4.45. The van der Waals surface area contributed by atoms with Crippen molar-refractivity contribution < 1.29 is 18.3 Å². The largest absolute Gasteiger partial charge is 0.444 e. The predicted molar refractivity (Wildman–Crippen MR) is 120 cm³/mol. The minimum Gasteiger partial charge on any atom is -0.444 e. The van der Waals surface area contributed by atoms with E-state index in [1.807, 2.05) is 0 Å². The van der Waals surface area contributed by atoms with Crippen LogP contribution in [0.4, 0.5) is 19.3 Å². The Bertz CT molecular complexity index is 1230. The van der Waals surface area contributed by atoms with Crippen LogP contribution in [0.5, 0.6) is 0 Å². The van der Waals surface area contributed by atoms with Gasteiger partial charge in [0.1, 0.15) is 17.6 Å². The Morgan fingerprint density at radius 3 is 2.55 bits per heavy atom. The molecule has 2 aliphatic rings. The average molecular weight is 466 g/mol.